The molecular weight excluding hydrogens is 294 g/mol. The highest BCUT2D eigenvalue weighted by molar-refractivity contribution is 6.31. The van der Waals surface area contributed by atoms with E-state index in [1.807, 2.05) is 13.0 Å². The molecule has 22 heavy (non-hydrogen) atoms. The van der Waals surface area contributed by atoms with Crippen LogP contribution in [0.15, 0.2) is 41.5 Å². The summed E-state index contributed by atoms with van der Waals surface area (Å²) < 4.78 is 0. The van der Waals surface area contributed by atoms with Crippen molar-refractivity contribution in [3.05, 3.63) is 52.1 Å². The van der Waals surface area contributed by atoms with E-state index in [1.54, 1.807) is 0 Å². The molecule has 0 aliphatic heterocycles. The van der Waals surface area contributed by atoms with Crippen LogP contribution in [0, 0.1) is 12.8 Å². The van der Waals surface area contributed by atoms with Gasteiger partial charge >= 0.3 is 0 Å². The fourth-order valence-electron chi connectivity index (χ4n) is 2.81. The summed E-state index contributed by atoms with van der Waals surface area (Å²) in [5, 5.41) is 10.3. The average molecular weight is 320 g/mol. The van der Waals surface area contributed by atoms with Crippen LogP contribution in [0.25, 0.3) is 0 Å². The Labute approximate surface area is 139 Å². The summed E-state index contributed by atoms with van der Waals surface area (Å²) in [7, 11) is 0. The molecular formula is C19H26ClNO. The van der Waals surface area contributed by atoms with E-state index in [4.69, 9.17) is 11.6 Å². The first-order valence-electron chi connectivity index (χ1n) is 7.95. The summed E-state index contributed by atoms with van der Waals surface area (Å²) >= 11 is 6.14. The standard InChI is InChI=1S/C19H26ClNO/c1-13(2)21(18-7-8-19(20)15(4)9-18)11-16-6-5-14(3)17(10-16)12-22/h6-10,13-14,22H,5,11-12H2,1-4H3. The van der Waals surface area contributed by atoms with Gasteiger partial charge in [-0.25, -0.2) is 0 Å². The van der Waals surface area contributed by atoms with Gasteiger partial charge in [-0.2, -0.15) is 0 Å². The van der Waals surface area contributed by atoms with Crippen LogP contribution >= 0.6 is 11.6 Å². The average Bonchev–Trinajstić information content (AvgIpc) is 2.49. The van der Waals surface area contributed by atoms with Gasteiger partial charge < -0.3 is 10.0 Å². The molecule has 1 N–H and O–H groups in total. The maximum atomic E-state index is 9.48. The molecule has 3 heteroatoms. The zero-order valence-electron chi connectivity index (χ0n) is 13.9. The molecule has 0 fully saturated rings. The lowest BCUT2D eigenvalue weighted by Crippen LogP contribution is -2.33. The zero-order chi connectivity index (χ0) is 16.3. The topological polar surface area (TPSA) is 23.5 Å². The molecule has 0 amide bonds. The Morgan fingerprint density at radius 1 is 1.36 bits per heavy atom. The van der Waals surface area contributed by atoms with E-state index in [0.29, 0.717) is 12.0 Å². The van der Waals surface area contributed by atoms with Crippen LogP contribution in [0.1, 0.15) is 32.8 Å². The number of allylic oxidation sites excluding steroid dienone is 1. The second kappa shape index (κ2) is 7.34. The molecule has 2 rings (SSSR count). The fraction of sp³-hybridized carbons (Fsp3) is 0.474. The monoisotopic (exact) mass is 319 g/mol. The highest BCUT2D eigenvalue weighted by Crippen LogP contribution is 2.28. The number of aliphatic hydroxyl groups excluding tert-OH is 1. The van der Waals surface area contributed by atoms with Gasteiger partial charge in [0, 0.05) is 23.3 Å². The van der Waals surface area contributed by atoms with Crippen molar-refractivity contribution in [2.24, 2.45) is 5.92 Å². The lowest BCUT2D eigenvalue weighted by molar-refractivity contribution is 0.315. The van der Waals surface area contributed by atoms with Crippen LogP contribution in [0.2, 0.25) is 5.02 Å². The van der Waals surface area contributed by atoms with Crippen molar-refractivity contribution in [2.45, 2.75) is 40.2 Å². The molecule has 2 nitrogen and oxygen atoms in total. The number of rotatable bonds is 5. The highest BCUT2D eigenvalue weighted by Gasteiger charge is 2.17. The van der Waals surface area contributed by atoms with Crippen LogP contribution in [0.3, 0.4) is 0 Å². The predicted molar refractivity (Wildman–Crippen MR) is 95.7 cm³/mol. The molecule has 0 spiro atoms. The maximum Gasteiger partial charge on any atom is 0.0647 e. The molecule has 0 aromatic heterocycles. The summed E-state index contributed by atoms with van der Waals surface area (Å²) in [4.78, 5) is 2.37. The van der Waals surface area contributed by atoms with Gasteiger partial charge in [0.05, 0.1) is 6.61 Å². The molecule has 120 valence electrons. The summed E-state index contributed by atoms with van der Waals surface area (Å²) in [6.45, 7) is 9.61. The Bertz CT molecular complexity index is 589. The number of anilines is 1. The van der Waals surface area contributed by atoms with Gasteiger partial charge in [-0.15, -0.1) is 0 Å². The van der Waals surface area contributed by atoms with Gasteiger partial charge in [0.25, 0.3) is 0 Å². The van der Waals surface area contributed by atoms with Crippen molar-refractivity contribution in [1.82, 2.24) is 0 Å². The summed E-state index contributed by atoms with van der Waals surface area (Å²) in [6.07, 6.45) is 5.46. The molecule has 1 aliphatic rings. The minimum atomic E-state index is 0.153. The number of hydrogen-bond donors (Lipinski definition) is 1. The summed E-state index contributed by atoms with van der Waals surface area (Å²) in [5.74, 6) is 0.444. The zero-order valence-corrected chi connectivity index (χ0v) is 14.7. The molecule has 0 heterocycles. The number of aliphatic hydroxyl groups is 1. The number of nitrogens with zero attached hydrogens (tertiary/aromatic N) is 1. The lowest BCUT2D eigenvalue weighted by Gasteiger charge is -2.31. The van der Waals surface area contributed by atoms with E-state index in [2.05, 4.69) is 50.0 Å². The molecule has 0 bridgehead atoms. The van der Waals surface area contributed by atoms with Crippen molar-refractivity contribution in [2.75, 3.05) is 18.1 Å². The Morgan fingerprint density at radius 2 is 2.09 bits per heavy atom. The van der Waals surface area contributed by atoms with Crippen molar-refractivity contribution >= 4 is 17.3 Å². The normalized spacial score (nSPS) is 18.2. The first-order valence-corrected chi connectivity index (χ1v) is 8.33. The van der Waals surface area contributed by atoms with Crippen LogP contribution in [-0.2, 0) is 0 Å². The Hall–Kier alpha value is -1.25. The number of aryl methyl sites for hydroxylation is 1. The molecule has 1 aliphatic carbocycles. The van der Waals surface area contributed by atoms with E-state index >= 15 is 0 Å². The molecule has 0 radical (unpaired) electrons. The van der Waals surface area contributed by atoms with Crippen molar-refractivity contribution in [3.8, 4) is 0 Å². The predicted octanol–water partition coefficient (Wildman–Crippen LogP) is 4.75. The third-order valence-corrected chi connectivity index (χ3v) is 4.79. The summed E-state index contributed by atoms with van der Waals surface area (Å²) in [5.41, 5.74) is 4.70. The minimum absolute atomic E-state index is 0.153. The summed E-state index contributed by atoms with van der Waals surface area (Å²) in [6, 6.07) is 6.59. The van der Waals surface area contributed by atoms with Crippen molar-refractivity contribution in [1.29, 1.82) is 0 Å². The van der Waals surface area contributed by atoms with E-state index in [0.717, 1.165) is 29.1 Å². The smallest absolute Gasteiger partial charge is 0.0647 e. The molecule has 0 saturated heterocycles. The van der Waals surface area contributed by atoms with E-state index in [1.165, 1.54) is 11.3 Å². The third kappa shape index (κ3) is 3.93. The number of benzene rings is 1. The largest absolute Gasteiger partial charge is 0.392 e. The van der Waals surface area contributed by atoms with Gasteiger partial charge in [-0.1, -0.05) is 30.7 Å². The van der Waals surface area contributed by atoms with Crippen LogP contribution in [0.4, 0.5) is 5.69 Å². The van der Waals surface area contributed by atoms with Gasteiger partial charge in [0.1, 0.15) is 0 Å². The van der Waals surface area contributed by atoms with Gasteiger partial charge in [-0.05, 0) is 68.0 Å². The molecule has 1 atom stereocenters. The first kappa shape index (κ1) is 17.1. The molecule has 0 saturated carbocycles. The Balaban J connectivity index is 2.23. The SMILES string of the molecule is Cc1cc(N(CC2=CCC(C)C(CO)=C2)C(C)C)ccc1Cl. The number of hydrogen-bond acceptors (Lipinski definition) is 2. The van der Waals surface area contributed by atoms with Crippen molar-refractivity contribution < 1.29 is 5.11 Å². The van der Waals surface area contributed by atoms with Crippen LogP contribution in [-0.4, -0.2) is 24.3 Å². The van der Waals surface area contributed by atoms with Gasteiger partial charge in [0.2, 0.25) is 0 Å². The molecule has 1 aromatic rings. The van der Waals surface area contributed by atoms with E-state index in [-0.39, 0.29) is 6.61 Å². The van der Waals surface area contributed by atoms with E-state index in [9.17, 15) is 5.11 Å². The number of halogens is 1. The fourth-order valence-corrected chi connectivity index (χ4v) is 2.92. The van der Waals surface area contributed by atoms with Crippen molar-refractivity contribution in [3.63, 3.8) is 0 Å². The molecule has 1 unspecified atom stereocenters. The maximum absolute atomic E-state index is 9.48. The lowest BCUT2D eigenvalue weighted by atomic mass is 9.90. The highest BCUT2D eigenvalue weighted by atomic mass is 35.5. The molecule has 1 aromatic carbocycles. The second-order valence-electron chi connectivity index (χ2n) is 6.45. The van der Waals surface area contributed by atoms with Gasteiger partial charge in [0.15, 0.2) is 0 Å². The minimum Gasteiger partial charge on any atom is -0.392 e. The van der Waals surface area contributed by atoms with Gasteiger partial charge in [-0.3, -0.25) is 0 Å². The quantitative estimate of drug-likeness (QED) is 0.846. The second-order valence-corrected chi connectivity index (χ2v) is 6.86. The van der Waals surface area contributed by atoms with Crippen LogP contribution in [0.5, 0.6) is 0 Å². The van der Waals surface area contributed by atoms with Crippen LogP contribution < -0.4 is 4.90 Å². The van der Waals surface area contributed by atoms with E-state index < -0.39 is 0 Å². The first-order chi connectivity index (χ1) is 10.4. The third-order valence-electron chi connectivity index (χ3n) is 4.37. The Morgan fingerprint density at radius 3 is 2.68 bits per heavy atom. The Kier molecular flexibility index (Phi) is 5.71.